The number of fused-ring (bicyclic) bond motifs is 3. The number of carbonyl (C=O) groups excluding carboxylic acids is 1. The molecule has 5 rings (SSSR count). The zero-order valence-corrected chi connectivity index (χ0v) is 15.2. The molecule has 0 saturated heterocycles. The van der Waals surface area contributed by atoms with Crippen molar-refractivity contribution in [1.29, 1.82) is 0 Å². The lowest BCUT2D eigenvalue weighted by Gasteiger charge is -2.36. The van der Waals surface area contributed by atoms with Crippen LogP contribution in [0.3, 0.4) is 0 Å². The van der Waals surface area contributed by atoms with Crippen molar-refractivity contribution in [2.75, 3.05) is 6.54 Å². The molecule has 1 aromatic heterocycles. The summed E-state index contributed by atoms with van der Waals surface area (Å²) in [6.45, 7) is 0.543. The number of aromatic amines is 1. The lowest BCUT2D eigenvalue weighted by Crippen LogP contribution is -2.41. The number of hydrogen-bond donors (Lipinski definition) is 1. The van der Waals surface area contributed by atoms with E-state index in [2.05, 4.69) is 17.1 Å². The SMILES string of the molecule is O=C(c1ccccc1F)N1CCc2c([nH]c3ccccc23)[C@@H]1c1ccccc1. The van der Waals surface area contributed by atoms with Gasteiger partial charge in [0.25, 0.3) is 5.91 Å². The lowest BCUT2D eigenvalue weighted by atomic mass is 9.91. The van der Waals surface area contributed by atoms with Gasteiger partial charge in [-0.2, -0.15) is 0 Å². The molecule has 3 aromatic carbocycles. The van der Waals surface area contributed by atoms with E-state index >= 15 is 0 Å². The van der Waals surface area contributed by atoms with E-state index in [9.17, 15) is 9.18 Å². The van der Waals surface area contributed by atoms with Crippen LogP contribution in [-0.2, 0) is 6.42 Å². The highest BCUT2D eigenvalue weighted by Gasteiger charge is 2.35. The summed E-state index contributed by atoms with van der Waals surface area (Å²) in [7, 11) is 0. The molecule has 0 fully saturated rings. The van der Waals surface area contributed by atoms with Crippen LogP contribution in [-0.4, -0.2) is 22.3 Å². The molecule has 0 radical (unpaired) electrons. The van der Waals surface area contributed by atoms with Crippen LogP contribution in [0.2, 0.25) is 0 Å². The minimum atomic E-state index is -0.484. The number of amides is 1. The van der Waals surface area contributed by atoms with Crippen molar-refractivity contribution in [2.45, 2.75) is 12.5 Å². The second-order valence-electron chi connectivity index (χ2n) is 7.10. The van der Waals surface area contributed by atoms with Gasteiger partial charge in [0.05, 0.1) is 11.6 Å². The molecule has 28 heavy (non-hydrogen) atoms. The molecule has 138 valence electrons. The fourth-order valence-corrected chi connectivity index (χ4v) is 4.23. The Labute approximate surface area is 162 Å². The van der Waals surface area contributed by atoms with Crippen LogP contribution in [0.4, 0.5) is 4.39 Å². The molecule has 0 bridgehead atoms. The Kier molecular flexibility index (Phi) is 3.97. The summed E-state index contributed by atoms with van der Waals surface area (Å²) in [5, 5.41) is 1.19. The standard InChI is InChI=1S/C24H19FN2O/c25-20-12-6-4-11-19(20)24(28)27-15-14-18-17-10-5-7-13-21(17)26-22(18)23(27)16-8-2-1-3-9-16/h1-13,23,26H,14-15H2/t23-/m0/s1. The molecule has 1 amide bonds. The third kappa shape index (κ3) is 2.61. The molecular formula is C24H19FN2O. The number of aromatic nitrogens is 1. The number of benzene rings is 3. The molecule has 0 spiro atoms. The number of halogens is 1. The van der Waals surface area contributed by atoms with E-state index in [1.807, 2.05) is 42.5 Å². The number of para-hydroxylation sites is 1. The zero-order valence-electron chi connectivity index (χ0n) is 15.2. The fourth-order valence-electron chi connectivity index (χ4n) is 4.23. The molecule has 1 aliphatic heterocycles. The smallest absolute Gasteiger partial charge is 0.257 e. The first-order valence-corrected chi connectivity index (χ1v) is 9.44. The molecule has 0 saturated carbocycles. The van der Waals surface area contributed by atoms with Gasteiger partial charge in [0.1, 0.15) is 5.82 Å². The third-order valence-corrected chi connectivity index (χ3v) is 5.51. The predicted molar refractivity (Wildman–Crippen MR) is 108 cm³/mol. The molecule has 4 heteroatoms. The second-order valence-corrected chi connectivity index (χ2v) is 7.10. The number of nitrogens with one attached hydrogen (secondary N) is 1. The molecule has 4 aromatic rings. The molecule has 3 nitrogen and oxygen atoms in total. The van der Waals surface area contributed by atoms with Crippen LogP contribution < -0.4 is 0 Å². The minimum Gasteiger partial charge on any atom is -0.356 e. The van der Waals surface area contributed by atoms with Gasteiger partial charge in [-0.1, -0.05) is 60.7 Å². The van der Waals surface area contributed by atoms with E-state index in [4.69, 9.17) is 0 Å². The van der Waals surface area contributed by atoms with Gasteiger partial charge >= 0.3 is 0 Å². The van der Waals surface area contributed by atoms with Crippen LogP contribution in [0.5, 0.6) is 0 Å². The number of carbonyl (C=O) groups is 1. The maximum absolute atomic E-state index is 14.3. The van der Waals surface area contributed by atoms with E-state index in [0.29, 0.717) is 6.54 Å². The molecule has 1 N–H and O–H groups in total. The van der Waals surface area contributed by atoms with Crippen LogP contribution in [0.1, 0.15) is 33.2 Å². The average Bonchev–Trinajstić information content (AvgIpc) is 3.12. The Bertz CT molecular complexity index is 1170. The highest BCUT2D eigenvalue weighted by Crippen LogP contribution is 2.39. The van der Waals surface area contributed by atoms with Crippen LogP contribution in [0, 0.1) is 5.82 Å². The maximum Gasteiger partial charge on any atom is 0.257 e. The Morgan fingerprint density at radius 2 is 1.64 bits per heavy atom. The van der Waals surface area contributed by atoms with Crippen molar-refractivity contribution in [3.63, 3.8) is 0 Å². The molecule has 0 unspecified atom stereocenters. The van der Waals surface area contributed by atoms with E-state index in [0.717, 1.165) is 23.2 Å². The van der Waals surface area contributed by atoms with Crippen molar-refractivity contribution in [2.24, 2.45) is 0 Å². The summed E-state index contributed by atoms with van der Waals surface area (Å²) >= 11 is 0. The quantitative estimate of drug-likeness (QED) is 0.524. The number of H-pyrrole nitrogens is 1. The Morgan fingerprint density at radius 1 is 0.929 bits per heavy atom. The maximum atomic E-state index is 14.3. The molecule has 1 aliphatic rings. The third-order valence-electron chi connectivity index (χ3n) is 5.51. The summed E-state index contributed by atoms with van der Waals surface area (Å²) in [6, 6.07) is 24.1. The van der Waals surface area contributed by atoms with Gasteiger partial charge in [0, 0.05) is 23.1 Å². The van der Waals surface area contributed by atoms with Gasteiger partial charge in [-0.25, -0.2) is 4.39 Å². The van der Waals surface area contributed by atoms with E-state index < -0.39 is 5.82 Å². The van der Waals surface area contributed by atoms with Gasteiger partial charge in [0.15, 0.2) is 0 Å². The van der Waals surface area contributed by atoms with Crippen LogP contribution >= 0.6 is 0 Å². The first-order chi connectivity index (χ1) is 13.7. The highest BCUT2D eigenvalue weighted by atomic mass is 19.1. The van der Waals surface area contributed by atoms with Gasteiger partial charge in [0.2, 0.25) is 0 Å². The van der Waals surface area contributed by atoms with Gasteiger partial charge in [-0.05, 0) is 35.7 Å². The first-order valence-electron chi connectivity index (χ1n) is 9.44. The van der Waals surface area contributed by atoms with Crippen molar-refractivity contribution in [3.8, 4) is 0 Å². The van der Waals surface area contributed by atoms with E-state index in [-0.39, 0.29) is 17.5 Å². The van der Waals surface area contributed by atoms with Crippen LogP contribution in [0.25, 0.3) is 10.9 Å². The Morgan fingerprint density at radius 3 is 2.46 bits per heavy atom. The van der Waals surface area contributed by atoms with Gasteiger partial charge in [-0.3, -0.25) is 4.79 Å². The van der Waals surface area contributed by atoms with Crippen molar-refractivity contribution in [3.05, 3.63) is 107 Å². The van der Waals surface area contributed by atoms with Gasteiger partial charge < -0.3 is 9.88 Å². The summed E-state index contributed by atoms with van der Waals surface area (Å²) < 4.78 is 14.3. The average molecular weight is 370 g/mol. The summed E-state index contributed by atoms with van der Waals surface area (Å²) in [4.78, 5) is 18.6. The molecular weight excluding hydrogens is 351 g/mol. The van der Waals surface area contributed by atoms with Crippen molar-refractivity contribution in [1.82, 2.24) is 9.88 Å². The Balaban J connectivity index is 1.68. The normalized spacial score (nSPS) is 16.2. The zero-order chi connectivity index (χ0) is 19.1. The van der Waals surface area contributed by atoms with Crippen molar-refractivity contribution >= 4 is 16.8 Å². The van der Waals surface area contributed by atoms with Crippen molar-refractivity contribution < 1.29 is 9.18 Å². The van der Waals surface area contributed by atoms with E-state index in [1.54, 1.807) is 23.1 Å². The van der Waals surface area contributed by atoms with E-state index in [1.165, 1.54) is 17.0 Å². The lowest BCUT2D eigenvalue weighted by molar-refractivity contribution is 0.0687. The highest BCUT2D eigenvalue weighted by molar-refractivity contribution is 5.96. The summed E-state index contributed by atoms with van der Waals surface area (Å²) in [5.41, 5.74) is 4.45. The molecule has 2 heterocycles. The molecule has 0 aliphatic carbocycles. The topological polar surface area (TPSA) is 36.1 Å². The minimum absolute atomic E-state index is 0.114. The molecule has 1 atom stereocenters. The number of hydrogen-bond acceptors (Lipinski definition) is 1. The summed E-state index contributed by atoms with van der Waals surface area (Å²) in [5.74, 6) is -0.766. The number of rotatable bonds is 2. The Hall–Kier alpha value is -3.40. The second kappa shape index (κ2) is 6.64. The first kappa shape index (κ1) is 16.8. The van der Waals surface area contributed by atoms with Crippen LogP contribution in [0.15, 0.2) is 78.9 Å². The largest absolute Gasteiger partial charge is 0.356 e. The summed E-state index contributed by atoms with van der Waals surface area (Å²) in [6.07, 6.45) is 0.739. The predicted octanol–water partition coefficient (Wildman–Crippen LogP) is 5.09. The number of nitrogens with zero attached hydrogens (tertiary/aromatic N) is 1. The fraction of sp³-hybridized carbons (Fsp3) is 0.125. The monoisotopic (exact) mass is 370 g/mol. The van der Waals surface area contributed by atoms with Gasteiger partial charge in [-0.15, -0.1) is 0 Å².